The van der Waals surface area contributed by atoms with Crippen molar-refractivity contribution in [2.24, 2.45) is 0 Å². The van der Waals surface area contributed by atoms with Crippen LogP contribution in [0.25, 0.3) is 16.8 Å². The van der Waals surface area contributed by atoms with Crippen molar-refractivity contribution >= 4 is 11.8 Å². The number of carboxylic acid groups (broad SMARTS) is 1. The Morgan fingerprint density at radius 3 is 2.48 bits per heavy atom. The summed E-state index contributed by atoms with van der Waals surface area (Å²) in [7, 11) is 1.60. The van der Waals surface area contributed by atoms with Gasteiger partial charge in [0.2, 0.25) is 0 Å². The molecule has 6 nitrogen and oxygen atoms in total. The average Bonchev–Trinajstić information content (AvgIpc) is 2.96. The lowest BCUT2D eigenvalue weighted by Gasteiger charge is -2.08. The van der Waals surface area contributed by atoms with Crippen LogP contribution in [0.15, 0.2) is 54.7 Å². The summed E-state index contributed by atoms with van der Waals surface area (Å²) in [5, 5.41) is 13.3. The monoisotopic (exact) mass is 309 g/mol. The van der Waals surface area contributed by atoms with E-state index in [1.54, 1.807) is 30.1 Å². The Hall–Kier alpha value is -3.28. The molecule has 0 radical (unpaired) electrons. The summed E-state index contributed by atoms with van der Waals surface area (Å²) in [4.78, 5) is 10.9. The molecule has 0 amide bonds. The van der Waals surface area contributed by atoms with Crippen LogP contribution in [0.4, 0.5) is 5.82 Å². The number of carbonyl (C=O) groups is 1. The van der Waals surface area contributed by atoms with Gasteiger partial charge in [0.1, 0.15) is 11.6 Å². The van der Waals surface area contributed by atoms with Gasteiger partial charge in [0.05, 0.1) is 24.6 Å². The topological polar surface area (TPSA) is 90.4 Å². The normalized spacial score (nSPS) is 10.5. The molecule has 0 aliphatic carbocycles. The Balaban J connectivity index is 2.04. The van der Waals surface area contributed by atoms with E-state index in [9.17, 15) is 4.79 Å². The van der Waals surface area contributed by atoms with Crippen LogP contribution in [-0.4, -0.2) is 28.0 Å². The maximum atomic E-state index is 10.9. The van der Waals surface area contributed by atoms with E-state index in [4.69, 9.17) is 15.6 Å². The first kappa shape index (κ1) is 14.6. The molecule has 23 heavy (non-hydrogen) atoms. The predicted octanol–water partition coefficient (Wildman–Crippen LogP) is 2.83. The quantitative estimate of drug-likeness (QED) is 0.773. The number of aromatic nitrogens is 2. The number of hydrogen-bond donors (Lipinski definition) is 2. The Morgan fingerprint density at radius 2 is 1.83 bits per heavy atom. The maximum Gasteiger partial charge on any atom is 0.335 e. The minimum absolute atomic E-state index is 0.212. The summed E-state index contributed by atoms with van der Waals surface area (Å²) in [6, 6.07) is 13.9. The van der Waals surface area contributed by atoms with Crippen LogP contribution in [0.5, 0.6) is 5.75 Å². The number of nitrogens with zero attached hydrogens (tertiary/aromatic N) is 2. The van der Waals surface area contributed by atoms with Crippen LogP contribution in [0, 0.1) is 0 Å². The van der Waals surface area contributed by atoms with E-state index in [0.29, 0.717) is 17.3 Å². The fourth-order valence-corrected chi connectivity index (χ4v) is 2.38. The number of aromatic carboxylic acids is 1. The van der Waals surface area contributed by atoms with Crippen molar-refractivity contribution < 1.29 is 14.6 Å². The summed E-state index contributed by atoms with van der Waals surface area (Å²) in [6.07, 6.45) is 1.66. The van der Waals surface area contributed by atoms with Gasteiger partial charge in [-0.15, -0.1) is 0 Å². The highest BCUT2D eigenvalue weighted by Crippen LogP contribution is 2.34. The number of rotatable bonds is 4. The molecule has 0 saturated carbocycles. The molecular formula is C17H15N3O3. The molecule has 0 aliphatic heterocycles. The number of anilines is 1. The van der Waals surface area contributed by atoms with E-state index in [2.05, 4.69) is 5.10 Å². The summed E-state index contributed by atoms with van der Waals surface area (Å²) in [5.41, 5.74) is 8.72. The molecule has 0 bridgehead atoms. The first-order valence-corrected chi connectivity index (χ1v) is 6.92. The lowest BCUT2D eigenvalue weighted by atomic mass is 10.1. The molecule has 2 aromatic carbocycles. The summed E-state index contributed by atoms with van der Waals surface area (Å²) in [6.45, 7) is 0. The fourth-order valence-electron chi connectivity index (χ4n) is 2.38. The van der Waals surface area contributed by atoms with Gasteiger partial charge in [0, 0.05) is 11.1 Å². The van der Waals surface area contributed by atoms with Gasteiger partial charge in [-0.25, -0.2) is 9.48 Å². The van der Waals surface area contributed by atoms with Crippen molar-refractivity contribution in [2.45, 2.75) is 0 Å². The third kappa shape index (κ3) is 2.62. The zero-order valence-corrected chi connectivity index (χ0v) is 12.4. The molecule has 3 aromatic rings. The van der Waals surface area contributed by atoms with Crippen LogP contribution in [0.1, 0.15) is 10.4 Å². The zero-order chi connectivity index (χ0) is 16.4. The summed E-state index contributed by atoms with van der Waals surface area (Å²) < 4.78 is 6.92. The van der Waals surface area contributed by atoms with Gasteiger partial charge in [0.15, 0.2) is 0 Å². The second kappa shape index (κ2) is 5.84. The largest absolute Gasteiger partial charge is 0.496 e. The first-order chi connectivity index (χ1) is 11.1. The van der Waals surface area contributed by atoms with Crippen LogP contribution >= 0.6 is 0 Å². The molecule has 0 spiro atoms. The molecule has 0 fully saturated rings. The standard InChI is InChI=1S/C17H15N3O3/c1-23-15-5-3-2-4-13(15)14-10-19-20(16(14)18)12-8-6-11(7-9-12)17(21)22/h2-10H,18H2,1H3,(H,21,22). The number of nitrogen functional groups attached to an aromatic ring is 1. The summed E-state index contributed by atoms with van der Waals surface area (Å²) in [5.74, 6) is 0.192. The highest BCUT2D eigenvalue weighted by atomic mass is 16.5. The Bertz CT molecular complexity index is 854. The minimum atomic E-state index is -0.973. The molecule has 1 heterocycles. The van der Waals surface area contributed by atoms with E-state index in [1.165, 1.54) is 12.1 Å². The summed E-state index contributed by atoms with van der Waals surface area (Å²) >= 11 is 0. The third-order valence-electron chi connectivity index (χ3n) is 3.56. The smallest absolute Gasteiger partial charge is 0.335 e. The fraction of sp³-hybridized carbons (Fsp3) is 0.0588. The average molecular weight is 309 g/mol. The van der Waals surface area contributed by atoms with Crippen LogP contribution in [-0.2, 0) is 0 Å². The minimum Gasteiger partial charge on any atom is -0.496 e. The molecule has 1 aromatic heterocycles. The van der Waals surface area contributed by atoms with E-state index >= 15 is 0 Å². The van der Waals surface area contributed by atoms with Gasteiger partial charge in [-0.2, -0.15) is 5.10 Å². The van der Waals surface area contributed by atoms with E-state index in [0.717, 1.165) is 11.1 Å². The molecule has 6 heteroatoms. The molecule has 0 atom stereocenters. The van der Waals surface area contributed by atoms with Crippen molar-refractivity contribution in [3.8, 4) is 22.6 Å². The van der Waals surface area contributed by atoms with Crippen LogP contribution in [0.2, 0.25) is 0 Å². The Labute approximate surface area is 132 Å². The van der Waals surface area contributed by atoms with E-state index < -0.39 is 5.97 Å². The molecular weight excluding hydrogens is 294 g/mol. The Kier molecular flexibility index (Phi) is 3.72. The molecule has 0 aliphatic rings. The first-order valence-electron chi connectivity index (χ1n) is 6.92. The molecule has 0 unspecified atom stereocenters. The van der Waals surface area contributed by atoms with Gasteiger partial charge in [-0.05, 0) is 30.3 Å². The molecule has 0 saturated heterocycles. The van der Waals surface area contributed by atoms with Crippen molar-refractivity contribution in [2.75, 3.05) is 12.8 Å². The number of benzene rings is 2. The number of hydrogen-bond acceptors (Lipinski definition) is 4. The van der Waals surface area contributed by atoms with E-state index in [1.807, 2.05) is 24.3 Å². The van der Waals surface area contributed by atoms with Crippen molar-refractivity contribution in [1.29, 1.82) is 0 Å². The van der Waals surface area contributed by atoms with Gasteiger partial charge >= 0.3 is 5.97 Å². The predicted molar refractivity (Wildman–Crippen MR) is 86.9 cm³/mol. The number of ether oxygens (including phenoxy) is 1. The second-order valence-corrected chi connectivity index (χ2v) is 4.91. The number of carboxylic acids is 1. The SMILES string of the molecule is COc1ccccc1-c1cnn(-c2ccc(C(=O)O)cc2)c1N. The van der Waals surface area contributed by atoms with Crippen LogP contribution < -0.4 is 10.5 Å². The zero-order valence-electron chi connectivity index (χ0n) is 12.4. The lowest BCUT2D eigenvalue weighted by molar-refractivity contribution is 0.0697. The molecule has 3 N–H and O–H groups in total. The van der Waals surface area contributed by atoms with Crippen molar-refractivity contribution in [3.63, 3.8) is 0 Å². The highest BCUT2D eigenvalue weighted by Gasteiger charge is 2.14. The highest BCUT2D eigenvalue weighted by molar-refractivity contribution is 5.87. The van der Waals surface area contributed by atoms with Gasteiger partial charge in [0.25, 0.3) is 0 Å². The van der Waals surface area contributed by atoms with Crippen molar-refractivity contribution in [1.82, 2.24) is 9.78 Å². The second-order valence-electron chi connectivity index (χ2n) is 4.91. The van der Waals surface area contributed by atoms with Gasteiger partial charge in [-0.3, -0.25) is 0 Å². The number of para-hydroxylation sites is 1. The third-order valence-corrected chi connectivity index (χ3v) is 3.56. The molecule has 116 valence electrons. The molecule has 3 rings (SSSR count). The van der Waals surface area contributed by atoms with Gasteiger partial charge in [-0.1, -0.05) is 18.2 Å². The Morgan fingerprint density at radius 1 is 1.13 bits per heavy atom. The number of nitrogens with two attached hydrogens (primary N) is 1. The van der Waals surface area contributed by atoms with Gasteiger partial charge < -0.3 is 15.6 Å². The van der Waals surface area contributed by atoms with Crippen LogP contribution in [0.3, 0.4) is 0 Å². The maximum absolute atomic E-state index is 10.9. The number of methoxy groups -OCH3 is 1. The van der Waals surface area contributed by atoms with Crippen molar-refractivity contribution in [3.05, 3.63) is 60.3 Å². The van der Waals surface area contributed by atoms with E-state index in [-0.39, 0.29) is 5.56 Å². The lowest BCUT2D eigenvalue weighted by Crippen LogP contribution is -2.03.